The zero-order valence-corrected chi connectivity index (χ0v) is 25.2. The number of aromatic nitrogens is 1. The minimum atomic E-state index is -0.442. The Morgan fingerprint density at radius 2 is 2.02 bits per heavy atom. The summed E-state index contributed by atoms with van der Waals surface area (Å²) >= 11 is 1.39. The number of carbonyl (C=O) groups is 3. The Morgan fingerprint density at radius 1 is 1.14 bits per heavy atom. The van der Waals surface area contributed by atoms with E-state index in [1.807, 2.05) is 49.4 Å². The summed E-state index contributed by atoms with van der Waals surface area (Å²) in [7, 11) is 1.54. The normalized spacial score (nSPS) is 19.2. The molecule has 226 valence electrons. The van der Waals surface area contributed by atoms with E-state index in [-0.39, 0.29) is 42.7 Å². The topological polar surface area (TPSA) is 110 Å². The van der Waals surface area contributed by atoms with Crippen LogP contribution in [0.4, 0.5) is 0 Å². The summed E-state index contributed by atoms with van der Waals surface area (Å²) in [5.41, 5.74) is 1.26. The molecule has 3 aromatic rings. The second-order valence-corrected chi connectivity index (χ2v) is 11.4. The molecular weight excluding hydrogens is 568 g/mol. The zero-order chi connectivity index (χ0) is 30.2. The first kappa shape index (κ1) is 30.4. The molecule has 11 heteroatoms. The molecule has 2 aromatic carbocycles. The van der Waals surface area contributed by atoms with Crippen molar-refractivity contribution >= 4 is 29.5 Å². The Kier molecular flexibility index (Phi) is 10.2. The number of rotatable bonds is 6. The Labute approximate surface area is 255 Å². The van der Waals surface area contributed by atoms with Gasteiger partial charge in [0.15, 0.2) is 11.5 Å². The number of nitrogens with one attached hydrogen (secondary N) is 1. The minimum Gasteiger partial charge on any atom is -0.493 e. The summed E-state index contributed by atoms with van der Waals surface area (Å²) in [4.78, 5) is 47.6. The number of piperidine rings is 1. The molecule has 0 unspecified atom stereocenters. The summed E-state index contributed by atoms with van der Waals surface area (Å²) in [6, 6.07) is 17.8. The van der Waals surface area contributed by atoms with Gasteiger partial charge in [-0.05, 0) is 60.9 Å². The van der Waals surface area contributed by atoms with Crippen LogP contribution in [-0.2, 0) is 20.9 Å². The monoisotopic (exact) mass is 604 g/mol. The number of thioether (sulfide) groups is 1. The highest BCUT2D eigenvalue weighted by Gasteiger charge is 2.34. The van der Waals surface area contributed by atoms with E-state index >= 15 is 0 Å². The van der Waals surface area contributed by atoms with Crippen LogP contribution in [0.2, 0.25) is 0 Å². The molecule has 2 aliphatic heterocycles. The third-order valence-corrected chi connectivity index (χ3v) is 8.28. The molecule has 4 bridgehead atoms. The van der Waals surface area contributed by atoms with Crippen molar-refractivity contribution in [3.05, 3.63) is 78.0 Å². The summed E-state index contributed by atoms with van der Waals surface area (Å²) in [6.07, 6.45) is 2.48. The van der Waals surface area contributed by atoms with E-state index in [1.165, 1.54) is 16.7 Å². The predicted octanol–water partition coefficient (Wildman–Crippen LogP) is 4.14. The van der Waals surface area contributed by atoms with E-state index in [2.05, 4.69) is 10.3 Å². The quantitative estimate of drug-likeness (QED) is 0.418. The molecule has 0 radical (unpaired) electrons. The molecule has 1 saturated heterocycles. The molecule has 3 amide bonds. The maximum absolute atomic E-state index is 13.6. The fourth-order valence-electron chi connectivity index (χ4n) is 5.19. The summed E-state index contributed by atoms with van der Waals surface area (Å²) in [5.74, 6) is 1.14. The number of benzene rings is 2. The molecule has 0 aliphatic carbocycles. The van der Waals surface area contributed by atoms with Crippen LogP contribution >= 0.6 is 11.8 Å². The van der Waals surface area contributed by atoms with Crippen molar-refractivity contribution in [1.82, 2.24) is 20.1 Å². The molecule has 3 heterocycles. The van der Waals surface area contributed by atoms with Gasteiger partial charge in [-0.1, -0.05) is 36.9 Å². The first-order valence-corrected chi connectivity index (χ1v) is 15.4. The number of methoxy groups -OCH3 is 1. The van der Waals surface area contributed by atoms with Gasteiger partial charge < -0.3 is 29.3 Å². The van der Waals surface area contributed by atoms with Gasteiger partial charge in [0, 0.05) is 31.4 Å². The van der Waals surface area contributed by atoms with E-state index in [4.69, 9.17) is 14.2 Å². The molecule has 0 spiro atoms. The first-order valence-electron chi connectivity index (χ1n) is 14.4. The second-order valence-electron chi connectivity index (χ2n) is 10.5. The van der Waals surface area contributed by atoms with Crippen LogP contribution < -0.4 is 14.8 Å². The van der Waals surface area contributed by atoms with Gasteiger partial charge in [0.2, 0.25) is 11.8 Å². The molecule has 1 fully saturated rings. The molecule has 2 atom stereocenters. The van der Waals surface area contributed by atoms with E-state index in [0.29, 0.717) is 55.3 Å². The van der Waals surface area contributed by atoms with Crippen molar-refractivity contribution in [1.29, 1.82) is 0 Å². The number of hydrogen-bond acceptors (Lipinski definition) is 8. The lowest BCUT2D eigenvalue weighted by atomic mass is 10.0. The third-order valence-electron chi connectivity index (χ3n) is 7.36. The standard InChI is InChI=1S/C32H36N4O6S/c1-3-14-36-19-29(37)34-25-12-15-35(31(38)21-43-30-9-4-5-13-33-30)18-28(25)41-20-22-7-6-8-24(16-22)42-27-17-23(32(36)39)10-11-26(27)40-2/h4-11,13,16-17,25,28H,3,12,14-15,18-21H2,1-2H3,(H,34,37)/t25-,28-/m0/s1. The molecule has 10 nitrogen and oxygen atoms in total. The van der Waals surface area contributed by atoms with Crippen molar-refractivity contribution < 1.29 is 28.6 Å². The van der Waals surface area contributed by atoms with Gasteiger partial charge in [-0.3, -0.25) is 14.4 Å². The van der Waals surface area contributed by atoms with Crippen LogP contribution in [-0.4, -0.2) is 83.7 Å². The molecule has 0 saturated carbocycles. The number of hydrogen-bond donors (Lipinski definition) is 1. The third kappa shape index (κ3) is 7.85. The lowest BCUT2D eigenvalue weighted by Crippen LogP contribution is -2.57. The zero-order valence-electron chi connectivity index (χ0n) is 24.4. The number of likely N-dealkylation sites (tertiary alicyclic amines) is 1. The fourth-order valence-corrected chi connectivity index (χ4v) is 5.95. The number of carbonyl (C=O) groups excluding carboxylic acids is 3. The molecule has 1 aromatic heterocycles. The van der Waals surface area contributed by atoms with Crippen molar-refractivity contribution in [2.24, 2.45) is 0 Å². The van der Waals surface area contributed by atoms with Crippen LogP contribution in [0, 0.1) is 0 Å². The predicted molar refractivity (Wildman–Crippen MR) is 162 cm³/mol. The second kappa shape index (κ2) is 14.4. The maximum Gasteiger partial charge on any atom is 0.254 e. The van der Waals surface area contributed by atoms with Crippen molar-refractivity contribution in [3.63, 3.8) is 0 Å². The van der Waals surface area contributed by atoms with Gasteiger partial charge in [0.05, 0.1) is 43.2 Å². The number of amides is 3. The lowest BCUT2D eigenvalue weighted by molar-refractivity contribution is -0.135. The molecule has 5 rings (SSSR count). The molecule has 2 aliphatic rings. The first-order chi connectivity index (χ1) is 20.9. The summed E-state index contributed by atoms with van der Waals surface area (Å²) < 4.78 is 18.0. The van der Waals surface area contributed by atoms with Crippen molar-refractivity contribution in [2.75, 3.05) is 39.0 Å². The molecular formula is C32H36N4O6S. The van der Waals surface area contributed by atoms with E-state index < -0.39 is 6.10 Å². The summed E-state index contributed by atoms with van der Waals surface area (Å²) in [6.45, 7) is 3.36. The van der Waals surface area contributed by atoms with E-state index in [9.17, 15) is 14.4 Å². The number of ether oxygens (including phenoxy) is 3. The smallest absolute Gasteiger partial charge is 0.254 e. The van der Waals surface area contributed by atoms with Crippen molar-refractivity contribution in [3.8, 4) is 17.2 Å². The Balaban J connectivity index is 1.38. The van der Waals surface area contributed by atoms with Crippen LogP contribution in [0.25, 0.3) is 0 Å². The Hall–Kier alpha value is -4.09. The lowest BCUT2D eigenvalue weighted by Gasteiger charge is -2.39. The highest BCUT2D eigenvalue weighted by atomic mass is 32.2. The Morgan fingerprint density at radius 3 is 2.81 bits per heavy atom. The number of pyridine rings is 1. The average Bonchev–Trinajstić information content (AvgIpc) is 3.03. The van der Waals surface area contributed by atoms with Gasteiger partial charge in [-0.25, -0.2) is 4.98 Å². The fraction of sp³-hybridized carbons (Fsp3) is 0.375. The minimum absolute atomic E-state index is 0.0126. The maximum atomic E-state index is 13.6. The van der Waals surface area contributed by atoms with Crippen LogP contribution in [0.1, 0.15) is 35.7 Å². The van der Waals surface area contributed by atoms with Crippen LogP contribution in [0.15, 0.2) is 71.9 Å². The van der Waals surface area contributed by atoms with E-state index in [1.54, 1.807) is 36.4 Å². The molecule has 1 N–H and O–H groups in total. The number of fused-ring (bicyclic) bond motifs is 5. The van der Waals surface area contributed by atoms with Gasteiger partial charge in [0.1, 0.15) is 5.75 Å². The van der Waals surface area contributed by atoms with E-state index in [0.717, 1.165) is 10.6 Å². The van der Waals surface area contributed by atoms with Crippen LogP contribution in [0.3, 0.4) is 0 Å². The SMILES string of the molecule is CCCN1CC(=O)N[C@H]2CCN(C(=O)CSc3ccccn3)C[C@@H]2OCc2cccc(c2)Oc2cc(ccc2OC)C1=O. The molecule has 43 heavy (non-hydrogen) atoms. The van der Waals surface area contributed by atoms with Gasteiger partial charge in [-0.2, -0.15) is 0 Å². The average molecular weight is 605 g/mol. The highest BCUT2D eigenvalue weighted by Crippen LogP contribution is 2.33. The van der Waals surface area contributed by atoms with Gasteiger partial charge in [-0.15, -0.1) is 0 Å². The van der Waals surface area contributed by atoms with Gasteiger partial charge in [0.25, 0.3) is 5.91 Å². The van der Waals surface area contributed by atoms with Crippen molar-refractivity contribution in [2.45, 2.75) is 43.5 Å². The highest BCUT2D eigenvalue weighted by molar-refractivity contribution is 7.99. The summed E-state index contributed by atoms with van der Waals surface area (Å²) in [5, 5.41) is 3.89. The Bertz CT molecular complexity index is 1440. The largest absolute Gasteiger partial charge is 0.493 e. The van der Waals surface area contributed by atoms with Crippen LogP contribution in [0.5, 0.6) is 17.2 Å². The number of nitrogens with zero attached hydrogens (tertiary/aromatic N) is 3. The van der Waals surface area contributed by atoms with Gasteiger partial charge >= 0.3 is 0 Å².